The van der Waals surface area contributed by atoms with E-state index >= 15 is 0 Å². The fourth-order valence-corrected chi connectivity index (χ4v) is 5.25. The summed E-state index contributed by atoms with van der Waals surface area (Å²) in [5.41, 5.74) is 4.44. The molecule has 2 aromatic carbocycles. The van der Waals surface area contributed by atoms with Gasteiger partial charge in [0.1, 0.15) is 11.9 Å². The van der Waals surface area contributed by atoms with Crippen LogP contribution in [0.25, 0.3) is 0 Å². The van der Waals surface area contributed by atoms with E-state index in [4.69, 9.17) is 9.47 Å². The summed E-state index contributed by atoms with van der Waals surface area (Å²) in [7, 11) is 0. The number of β-amino-alcohol motifs (C(OH)–C–C–N with tert-alkyl or cyclic N) is 1. The van der Waals surface area contributed by atoms with Gasteiger partial charge in [-0.15, -0.1) is 0 Å². The van der Waals surface area contributed by atoms with Gasteiger partial charge in [0.2, 0.25) is 0 Å². The lowest BCUT2D eigenvalue weighted by molar-refractivity contribution is 0.0341. The van der Waals surface area contributed by atoms with Crippen molar-refractivity contribution in [1.82, 2.24) is 14.7 Å². The fourth-order valence-electron chi connectivity index (χ4n) is 5.25. The molecule has 0 aromatic heterocycles. The van der Waals surface area contributed by atoms with Crippen LogP contribution in [0.3, 0.4) is 0 Å². The molecule has 2 atom stereocenters. The molecule has 1 fully saturated rings. The first kappa shape index (κ1) is 23.3. The zero-order chi connectivity index (χ0) is 23.5. The zero-order valence-corrected chi connectivity index (χ0v) is 20.0. The first-order valence-corrected chi connectivity index (χ1v) is 12.4. The van der Waals surface area contributed by atoms with Gasteiger partial charge in [0.25, 0.3) is 5.91 Å². The summed E-state index contributed by atoms with van der Waals surface area (Å²) in [4.78, 5) is 19.8. The third-order valence-corrected chi connectivity index (χ3v) is 6.99. The number of hydrogen-bond donors (Lipinski definition) is 1. The molecule has 0 unspecified atom stereocenters. The van der Waals surface area contributed by atoms with Gasteiger partial charge < -0.3 is 19.5 Å². The number of benzene rings is 2. The van der Waals surface area contributed by atoms with Crippen LogP contribution < -0.4 is 4.74 Å². The Labute approximate surface area is 201 Å². The monoisotopic (exact) mass is 465 g/mol. The molecule has 0 saturated carbocycles. The van der Waals surface area contributed by atoms with Gasteiger partial charge >= 0.3 is 0 Å². The van der Waals surface area contributed by atoms with Crippen LogP contribution in [0.1, 0.15) is 34.0 Å². The van der Waals surface area contributed by atoms with E-state index in [-0.39, 0.29) is 12.0 Å². The third kappa shape index (κ3) is 5.44. The Morgan fingerprint density at radius 3 is 2.65 bits per heavy atom. The van der Waals surface area contributed by atoms with Crippen LogP contribution in [0, 0.1) is 0 Å². The minimum atomic E-state index is -0.608. The summed E-state index contributed by atoms with van der Waals surface area (Å²) in [5.74, 6) is 0.577. The van der Waals surface area contributed by atoms with E-state index in [0.717, 1.165) is 57.9 Å². The van der Waals surface area contributed by atoms with Crippen molar-refractivity contribution in [2.75, 3.05) is 52.5 Å². The predicted molar refractivity (Wildman–Crippen MR) is 130 cm³/mol. The van der Waals surface area contributed by atoms with E-state index in [0.29, 0.717) is 30.9 Å². The fraction of sp³-hybridized carbons (Fsp3) is 0.519. The van der Waals surface area contributed by atoms with Crippen LogP contribution in [-0.4, -0.2) is 90.4 Å². The summed E-state index contributed by atoms with van der Waals surface area (Å²) in [6.45, 7) is 9.26. The molecular weight excluding hydrogens is 430 g/mol. The van der Waals surface area contributed by atoms with Gasteiger partial charge in [0.15, 0.2) is 0 Å². The molecule has 0 aliphatic carbocycles. The molecule has 2 aromatic rings. The van der Waals surface area contributed by atoms with Crippen LogP contribution in [0.15, 0.2) is 42.5 Å². The van der Waals surface area contributed by atoms with Crippen LogP contribution in [0.2, 0.25) is 0 Å². The minimum Gasteiger partial charge on any atom is -0.488 e. The largest absolute Gasteiger partial charge is 0.488 e. The molecule has 182 valence electrons. The molecule has 3 heterocycles. The average molecular weight is 466 g/mol. The van der Waals surface area contributed by atoms with E-state index in [9.17, 15) is 9.90 Å². The van der Waals surface area contributed by atoms with E-state index in [1.165, 1.54) is 11.1 Å². The number of aliphatic hydroxyl groups excluding tert-OH is 1. The van der Waals surface area contributed by atoms with Crippen molar-refractivity contribution in [3.8, 4) is 5.75 Å². The van der Waals surface area contributed by atoms with Gasteiger partial charge in [-0.2, -0.15) is 0 Å². The van der Waals surface area contributed by atoms with Crippen molar-refractivity contribution < 1.29 is 19.4 Å². The van der Waals surface area contributed by atoms with Crippen LogP contribution in [0.5, 0.6) is 5.75 Å². The summed E-state index contributed by atoms with van der Waals surface area (Å²) < 4.78 is 11.6. The second kappa shape index (κ2) is 10.4. The maximum absolute atomic E-state index is 13.4. The van der Waals surface area contributed by atoms with Crippen molar-refractivity contribution in [2.45, 2.75) is 38.6 Å². The number of amides is 1. The second-order valence-corrected chi connectivity index (χ2v) is 9.77. The van der Waals surface area contributed by atoms with Crippen molar-refractivity contribution >= 4 is 5.91 Å². The Morgan fingerprint density at radius 2 is 1.82 bits per heavy atom. The standard InChI is InChI=1S/C27H35N3O4/c1-20-15-30(19-24(31)18-29-9-8-22-4-2-3-5-23(22)17-29)27(32)25-7-6-21(14-26(25)34-20)16-28-10-12-33-13-11-28/h2-7,14,20,24,31H,8-13,15-19H2,1H3/t20-,24-/m1/s1. The Morgan fingerprint density at radius 1 is 1.03 bits per heavy atom. The van der Waals surface area contributed by atoms with Gasteiger partial charge in [-0.1, -0.05) is 30.3 Å². The lowest BCUT2D eigenvalue weighted by Gasteiger charge is -2.32. The maximum atomic E-state index is 13.4. The number of morpholine rings is 1. The summed E-state index contributed by atoms with van der Waals surface area (Å²) in [6.07, 6.45) is 0.248. The number of fused-ring (bicyclic) bond motifs is 2. The second-order valence-electron chi connectivity index (χ2n) is 9.77. The molecule has 34 heavy (non-hydrogen) atoms. The molecule has 5 rings (SSSR count). The molecular formula is C27H35N3O4. The smallest absolute Gasteiger partial charge is 0.257 e. The molecule has 3 aliphatic rings. The minimum absolute atomic E-state index is 0.0692. The highest BCUT2D eigenvalue weighted by Gasteiger charge is 2.29. The summed E-state index contributed by atoms with van der Waals surface area (Å²) >= 11 is 0. The number of aliphatic hydroxyl groups is 1. The number of hydrogen-bond acceptors (Lipinski definition) is 6. The Hall–Kier alpha value is -2.45. The Bertz CT molecular complexity index is 1010. The van der Waals surface area contributed by atoms with Crippen molar-refractivity contribution in [3.05, 3.63) is 64.7 Å². The summed E-state index contributed by atoms with van der Waals surface area (Å²) in [6, 6.07) is 14.4. The highest BCUT2D eigenvalue weighted by molar-refractivity contribution is 5.97. The van der Waals surface area contributed by atoms with Gasteiger partial charge in [-0.05, 0) is 42.2 Å². The van der Waals surface area contributed by atoms with E-state index in [2.05, 4.69) is 34.1 Å². The molecule has 3 aliphatic heterocycles. The molecule has 7 nitrogen and oxygen atoms in total. The average Bonchev–Trinajstić information content (AvgIpc) is 2.95. The van der Waals surface area contributed by atoms with Gasteiger partial charge in [0, 0.05) is 45.8 Å². The van der Waals surface area contributed by atoms with E-state index in [1.807, 2.05) is 25.1 Å². The quantitative estimate of drug-likeness (QED) is 0.706. The SMILES string of the molecule is C[C@@H]1CN(C[C@H](O)CN2CCc3ccccc3C2)C(=O)c2ccc(CN3CCOCC3)cc2O1. The Balaban J connectivity index is 1.22. The van der Waals surface area contributed by atoms with Gasteiger partial charge in [-0.25, -0.2) is 0 Å². The van der Waals surface area contributed by atoms with Gasteiger partial charge in [0.05, 0.1) is 31.4 Å². The number of nitrogens with zero attached hydrogens (tertiary/aromatic N) is 3. The normalized spacial score (nSPS) is 22.5. The first-order valence-electron chi connectivity index (χ1n) is 12.4. The molecule has 1 saturated heterocycles. The van der Waals surface area contributed by atoms with Crippen molar-refractivity contribution in [1.29, 1.82) is 0 Å². The summed E-state index contributed by atoms with van der Waals surface area (Å²) in [5, 5.41) is 10.9. The molecule has 1 N–H and O–H groups in total. The first-order chi connectivity index (χ1) is 16.5. The molecule has 1 amide bonds. The number of ether oxygens (including phenoxy) is 2. The number of carbonyl (C=O) groups excluding carboxylic acids is 1. The highest BCUT2D eigenvalue weighted by atomic mass is 16.5. The number of rotatable bonds is 6. The van der Waals surface area contributed by atoms with E-state index < -0.39 is 6.10 Å². The highest BCUT2D eigenvalue weighted by Crippen LogP contribution is 2.28. The Kier molecular flexibility index (Phi) is 7.15. The van der Waals surface area contributed by atoms with Crippen molar-refractivity contribution in [2.24, 2.45) is 0 Å². The lowest BCUT2D eigenvalue weighted by Crippen LogP contribution is -2.45. The predicted octanol–water partition coefficient (Wildman–Crippen LogP) is 2.16. The van der Waals surface area contributed by atoms with E-state index in [1.54, 1.807) is 4.90 Å². The van der Waals surface area contributed by atoms with Crippen molar-refractivity contribution in [3.63, 3.8) is 0 Å². The lowest BCUT2D eigenvalue weighted by atomic mass is 10.00. The third-order valence-electron chi connectivity index (χ3n) is 6.99. The topological polar surface area (TPSA) is 65.5 Å². The van der Waals surface area contributed by atoms with Crippen LogP contribution in [-0.2, 0) is 24.2 Å². The van der Waals surface area contributed by atoms with Gasteiger partial charge in [-0.3, -0.25) is 14.6 Å². The molecule has 0 bridgehead atoms. The van der Waals surface area contributed by atoms with Crippen LogP contribution >= 0.6 is 0 Å². The molecule has 7 heteroatoms. The zero-order valence-electron chi connectivity index (χ0n) is 20.0. The molecule has 0 radical (unpaired) electrons. The van der Waals surface area contributed by atoms with Crippen LogP contribution in [0.4, 0.5) is 0 Å². The number of carbonyl (C=O) groups is 1. The maximum Gasteiger partial charge on any atom is 0.257 e. The molecule has 0 spiro atoms.